The van der Waals surface area contributed by atoms with E-state index < -0.39 is 11.9 Å². The number of benzene rings is 1. The fraction of sp³-hybridized carbons (Fsp3) is 0.588. The molecule has 2 heterocycles. The lowest BCUT2D eigenvalue weighted by atomic mass is 10.00. The average Bonchev–Trinajstić information content (AvgIpc) is 3.10. The molecule has 0 amide bonds. The fourth-order valence-electron chi connectivity index (χ4n) is 3.05. The highest BCUT2D eigenvalue weighted by Gasteiger charge is 2.63. The number of fused-ring (bicyclic) bond motifs is 2. The molecule has 0 radical (unpaired) electrons. The Kier molecular flexibility index (Phi) is 5.05. The smallest absolute Gasteiger partial charge is 0.302 e. The van der Waals surface area contributed by atoms with Gasteiger partial charge in [-0.05, 0) is 17.7 Å². The van der Waals surface area contributed by atoms with Gasteiger partial charge < -0.3 is 28.4 Å². The molecular weight excluding hydrogens is 316 g/mol. The number of ether oxygens (including phenoxy) is 6. The molecule has 2 aliphatic heterocycles. The number of carbonyl (C=O) groups is 1. The topological polar surface area (TPSA) is 72.5 Å². The van der Waals surface area contributed by atoms with E-state index in [9.17, 15) is 4.79 Å². The lowest BCUT2D eigenvalue weighted by Crippen LogP contribution is -2.46. The Labute approximate surface area is 140 Å². The molecule has 4 atom stereocenters. The van der Waals surface area contributed by atoms with Crippen LogP contribution in [0.25, 0.3) is 0 Å². The summed E-state index contributed by atoms with van der Waals surface area (Å²) in [4.78, 5) is 11.2. The van der Waals surface area contributed by atoms with E-state index in [0.29, 0.717) is 13.2 Å². The molecule has 24 heavy (non-hydrogen) atoms. The van der Waals surface area contributed by atoms with E-state index in [4.69, 9.17) is 28.4 Å². The zero-order chi connectivity index (χ0) is 17.2. The van der Waals surface area contributed by atoms with Crippen molar-refractivity contribution in [2.45, 2.75) is 37.6 Å². The van der Waals surface area contributed by atoms with Crippen molar-refractivity contribution in [1.82, 2.24) is 0 Å². The molecule has 2 saturated heterocycles. The monoisotopic (exact) mass is 338 g/mol. The van der Waals surface area contributed by atoms with Crippen LogP contribution < -0.4 is 4.74 Å². The summed E-state index contributed by atoms with van der Waals surface area (Å²) in [6.45, 7) is 2.13. The average molecular weight is 338 g/mol. The van der Waals surface area contributed by atoms with E-state index in [1.807, 2.05) is 24.3 Å². The molecule has 0 N–H and O–H groups in total. The van der Waals surface area contributed by atoms with Gasteiger partial charge in [0.15, 0.2) is 11.9 Å². The lowest BCUT2D eigenvalue weighted by Gasteiger charge is -2.30. The standard InChI is InChI=1S/C17H22O7/c1-11(18)22-9-17-10-23-14(16(20-3)24-17)15(17)21-8-12-4-6-13(19-2)7-5-12/h4-7,14-16H,8-10H2,1-3H3/t14-,15-,16-,17-/m1/s1. The first-order chi connectivity index (χ1) is 11.6. The summed E-state index contributed by atoms with van der Waals surface area (Å²) >= 11 is 0. The molecule has 0 aliphatic carbocycles. The van der Waals surface area contributed by atoms with Crippen molar-refractivity contribution in [3.05, 3.63) is 29.8 Å². The SMILES string of the molecule is COc1ccc(CO[C@@H]2[C@H]3OC[C@@]2(COC(C)=O)O[C@H]3OC)cc1. The van der Waals surface area contributed by atoms with Gasteiger partial charge >= 0.3 is 5.97 Å². The fourth-order valence-corrected chi connectivity index (χ4v) is 3.05. The summed E-state index contributed by atoms with van der Waals surface area (Å²) in [5.74, 6) is 0.420. The maximum atomic E-state index is 11.2. The van der Waals surface area contributed by atoms with Gasteiger partial charge in [0, 0.05) is 14.0 Å². The number of hydrogen-bond donors (Lipinski definition) is 0. The van der Waals surface area contributed by atoms with Crippen molar-refractivity contribution in [2.75, 3.05) is 27.4 Å². The third-order valence-corrected chi connectivity index (χ3v) is 4.30. The van der Waals surface area contributed by atoms with Crippen LogP contribution in [0.3, 0.4) is 0 Å². The molecule has 1 aromatic rings. The summed E-state index contributed by atoms with van der Waals surface area (Å²) < 4.78 is 33.3. The summed E-state index contributed by atoms with van der Waals surface area (Å²) in [6.07, 6.45) is -1.25. The van der Waals surface area contributed by atoms with Crippen LogP contribution in [-0.2, 0) is 35.1 Å². The van der Waals surface area contributed by atoms with Crippen LogP contribution in [0.4, 0.5) is 0 Å². The maximum absolute atomic E-state index is 11.2. The number of rotatable bonds is 7. The van der Waals surface area contributed by atoms with Crippen LogP contribution in [0.15, 0.2) is 24.3 Å². The Morgan fingerprint density at radius 3 is 2.67 bits per heavy atom. The molecule has 7 nitrogen and oxygen atoms in total. The molecular formula is C17H22O7. The minimum Gasteiger partial charge on any atom is -0.497 e. The van der Waals surface area contributed by atoms with Gasteiger partial charge in [0.1, 0.15) is 24.6 Å². The Morgan fingerprint density at radius 2 is 2.04 bits per heavy atom. The second-order valence-corrected chi connectivity index (χ2v) is 5.92. The van der Waals surface area contributed by atoms with Gasteiger partial charge in [-0.25, -0.2) is 0 Å². The first kappa shape index (κ1) is 17.2. The van der Waals surface area contributed by atoms with Gasteiger partial charge in [-0.1, -0.05) is 12.1 Å². The van der Waals surface area contributed by atoms with E-state index in [1.54, 1.807) is 14.2 Å². The van der Waals surface area contributed by atoms with Crippen molar-refractivity contribution in [2.24, 2.45) is 0 Å². The number of hydrogen-bond acceptors (Lipinski definition) is 7. The number of esters is 1. The summed E-state index contributed by atoms with van der Waals surface area (Å²) in [7, 11) is 3.18. The van der Waals surface area contributed by atoms with Crippen LogP contribution in [-0.4, -0.2) is 57.5 Å². The van der Waals surface area contributed by atoms with Crippen LogP contribution in [0.2, 0.25) is 0 Å². The molecule has 2 fully saturated rings. The molecule has 3 rings (SSSR count). The number of carbonyl (C=O) groups excluding carboxylic acids is 1. The largest absolute Gasteiger partial charge is 0.497 e. The number of methoxy groups -OCH3 is 2. The Hall–Kier alpha value is -1.67. The summed E-state index contributed by atoms with van der Waals surface area (Å²) in [5.41, 5.74) is 0.169. The third-order valence-electron chi connectivity index (χ3n) is 4.30. The van der Waals surface area contributed by atoms with Crippen LogP contribution in [0, 0.1) is 0 Å². The Bertz CT molecular complexity index is 573. The lowest BCUT2D eigenvalue weighted by molar-refractivity contribution is -0.244. The first-order valence-corrected chi connectivity index (χ1v) is 7.78. The normalized spacial score (nSPS) is 31.2. The van der Waals surface area contributed by atoms with E-state index >= 15 is 0 Å². The van der Waals surface area contributed by atoms with Crippen LogP contribution in [0.1, 0.15) is 12.5 Å². The maximum Gasteiger partial charge on any atom is 0.302 e. The van der Waals surface area contributed by atoms with Crippen molar-refractivity contribution in [1.29, 1.82) is 0 Å². The third kappa shape index (κ3) is 3.25. The second kappa shape index (κ2) is 7.06. The van der Waals surface area contributed by atoms with Crippen molar-refractivity contribution >= 4 is 5.97 Å². The van der Waals surface area contributed by atoms with Gasteiger partial charge in [0.05, 0.1) is 20.3 Å². The van der Waals surface area contributed by atoms with E-state index in [1.165, 1.54) is 6.92 Å². The quantitative estimate of drug-likeness (QED) is 0.694. The molecule has 2 aliphatic rings. The minimum atomic E-state index is -0.830. The van der Waals surface area contributed by atoms with E-state index in [0.717, 1.165) is 11.3 Å². The molecule has 132 valence electrons. The molecule has 0 unspecified atom stereocenters. The molecule has 2 bridgehead atoms. The minimum absolute atomic E-state index is 0.0754. The van der Waals surface area contributed by atoms with Gasteiger partial charge in [-0.3, -0.25) is 4.79 Å². The predicted octanol–water partition coefficient (Wildman–Crippen LogP) is 1.28. The van der Waals surface area contributed by atoms with Crippen LogP contribution in [0.5, 0.6) is 5.75 Å². The first-order valence-electron chi connectivity index (χ1n) is 7.78. The Morgan fingerprint density at radius 1 is 1.29 bits per heavy atom. The van der Waals surface area contributed by atoms with E-state index in [2.05, 4.69) is 0 Å². The molecule has 7 heteroatoms. The molecule has 0 saturated carbocycles. The van der Waals surface area contributed by atoms with Gasteiger partial charge in [0.2, 0.25) is 0 Å². The highest BCUT2D eigenvalue weighted by Crippen LogP contribution is 2.42. The van der Waals surface area contributed by atoms with Crippen LogP contribution >= 0.6 is 0 Å². The van der Waals surface area contributed by atoms with Crippen molar-refractivity contribution in [3.63, 3.8) is 0 Å². The summed E-state index contributed by atoms with van der Waals surface area (Å²) in [6, 6.07) is 7.62. The van der Waals surface area contributed by atoms with Gasteiger partial charge in [-0.2, -0.15) is 0 Å². The zero-order valence-corrected chi connectivity index (χ0v) is 14.0. The van der Waals surface area contributed by atoms with Gasteiger partial charge in [0.25, 0.3) is 0 Å². The molecule has 0 spiro atoms. The van der Waals surface area contributed by atoms with E-state index in [-0.39, 0.29) is 24.8 Å². The molecule has 0 aromatic heterocycles. The van der Waals surface area contributed by atoms with Crippen molar-refractivity contribution in [3.8, 4) is 5.75 Å². The van der Waals surface area contributed by atoms with Crippen molar-refractivity contribution < 1.29 is 33.2 Å². The highest BCUT2D eigenvalue weighted by molar-refractivity contribution is 5.66. The van der Waals surface area contributed by atoms with Gasteiger partial charge in [-0.15, -0.1) is 0 Å². The molecule has 1 aromatic carbocycles. The highest BCUT2D eigenvalue weighted by atomic mass is 16.8. The Balaban J connectivity index is 1.68. The second-order valence-electron chi connectivity index (χ2n) is 5.92. The zero-order valence-electron chi connectivity index (χ0n) is 14.0. The predicted molar refractivity (Wildman–Crippen MR) is 82.6 cm³/mol. The summed E-state index contributed by atoms with van der Waals surface area (Å²) in [5, 5.41) is 0.